The summed E-state index contributed by atoms with van der Waals surface area (Å²) in [6.45, 7) is 2.80. The lowest BCUT2D eigenvalue weighted by atomic mass is 10.3. The van der Waals surface area contributed by atoms with Crippen molar-refractivity contribution < 1.29 is 19.8 Å². The van der Waals surface area contributed by atoms with Gasteiger partial charge in [-0.15, -0.1) is 0 Å². The highest BCUT2D eigenvalue weighted by Gasteiger charge is 2.17. The van der Waals surface area contributed by atoms with Gasteiger partial charge in [0.1, 0.15) is 22.1 Å². The van der Waals surface area contributed by atoms with Gasteiger partial charge in [-0.3, -0.25) is 9.59 Å². The molecule has 6 nitrogen and oxygen atoms in total. The zero-order valence-electron chi connectivity index (χ0n) is 8.68. The maximum atomic E-state index is 10.5. The molecule has 0 spiro atoms. The number of aliphatic carboxylic acids is 2. The molecule has 0 unspecified atom stereocenters. The van der Waals surface area contributed by atoms with Crippen molar-refractivity contribution in [2.45, 2.75) is 25.9 Å². The minimum Gasteiger partial charge on any atom is -0.480 e. The molecule has 4 N–H and O–H groups in total. The van der Waals surface area contributed by atoms with E-state index in [-0.39, 0.29) is 9.98 Å². The second-order valence-corrected chi connectivity index (χ2v) is 3.88. The van der Waals surface area contributed by atoms with E-state index in [1.54, 1.807) is 0 Å². The van der Waals surface area contributed by atoms with Crippen LogP contribution in [0.25, 0.3) is 0 Å². The molecule has 0 fully saturated rings. The van der Waals surface area contributed by atoms with Gasteiger partial charge in [-0.2, -0.15) is 0 Å². The molecule has 0 amide bonds. The van der Waals surface area contributed by atoms with Gasteiger partial charge < -0.3 is 20.8 Å². The molecule has 0 aromatic heterocycles. The summed E-state index contributed by atoms with van der Waals surface area (Å²) in [4.78, 5) is 21.0. The Morgan fingerprint density at radius 3 is 1.38 bits per heavy atom. The number of hydrogen-bond donors (Lipinski definition) is 4. The second-order valence-electron chi connectivity index (χ2n) is 3.07. The maximum absolute atomic E-state index is 10.5. The van der Waals surface area contributed by atoms with Crippen molar-refractivity contribution in [2.24, 2.45) is 0 Å². The van der Waals surface area contributed by atoms with E-state index < -0.39 is 24.0 Å². The van der Waals surface area contributed by atoms with Crippen LogP contribution >= 0.6 is 24.4 Å². The lowest BCUT2D eigenvalue weighted by Crippen LogP contribution is -2.48. The average Bonchev–Trinajstić information content (AvgIpc) is 2.16. The van der Waals surface area contributed by atoms with Crippen molar-refractivity contribution in [1.82, 2.24) is 10.6 Å². The first-order chi connectivity index (χ1) is 7.25. The van der Waals surface area contributed by atoms with E-state index in [1.165, 1.54) is 13.8 Å². The first-order valence-corrected chi connectivity index (χ1v) is 5.14. The molecule has 0 bridgehead atoms. The highest BCUT2D eigenvalue weighted by atomic mass is 32.1. The Bertz CT molecular complexity index is 300. The van der Waals surface area contributed by atoms with Crippen LogP contribution in [-0.2, 0) is 9.59 Å². The molecule has 90 valence electrons. The van der Waals surface area contributed by atoms with Gasteiger partial charge in [-0.05, 0) is 13.8 Å². The molecular formula is C8H12N2O4S2. The van der Waals surface area contributed by atoms with Crippen LogP contribution in [0.2, 0.25) is 0 Å². The van der Waals surface area contributed by atoms with Gasteiger partial charge in [-0.1, -0.05) is 24.4 Å². The number of carboxylic acids is 2. The Morgan fingerprint density at radius 2 is 1.19 bits per heavy atom. The summed E-state index contributed by atoms with van der Waals surface area (Å²) >= 11 is 9.61. The van der Waals surface area contributed by atoms with Crippen LogP contribution in [0, 0.1) is 0 Å². The van der Waals surface area contributed by atoms with Crippen molar-refractivity contribution in [1.29, 1.82) is 0 Å². The summed E-state index contributed by atoms with van der Waals surface area (Å²) in [5.41, 5.74) is 0. The van der Waals surface area contributed by atoms with Crippen LogP contribution < -0.4 is 10.6 Å². The summed E-state index contributed by atoms with van der Waals surface area (Å²) in [7, 11) is 0. The Morgan fingerprint density at radius 1 is 0.938 bits per heavy atom. The van der Waals surface area contributed by atoms with Crippen LogP contribution in [-0.4, -0.2) is 44.2 Å². The third kappa shape index (κ3) is 4.99. The van der Waals surface area contributed by atoms with Crippen molar-refractivity contribution >= 4 is 46.4 Å². The number of carbonyl (C=O) groups is 2. The molecule has 0 aliphatic rings. The standard InChI is InChI=1S/C8H12N2O4S2/c1-3(7(11)12)9-5(15)6(16)10-4(2)8(13)14/h3-4H,1-2H3,(H,9,15)(H,10,16)(H,11,12)(H,13,14)/t3-,4-/m0/s1. The Kier molecular flexibility index (Phi) is 5.83. The van der Waals surface area contributed by atoms with Crippen LogP contribution in [0.1, 0.15) is 13.8 Å². The Hall–Kier alpha value is -1.28. The zero-order chi connectivity index (χ0) is 12.9. The van der Waals surface area contributed by atoms with Crippen molar-refractivity contribution in [3.8, 4) is 0 Å². The lowest BCUT2D eigenvalue weighted by Gasteiger charge is -2.15. The van der Waals surface area contributed by atoms with E-state index in [1.807, 2.05) is 0 Å². The van der Waals surface area contributed by atoms with Gasteiger partial charge in [0.25, 0.3) is 0 Å². The third-order valence-electron chi connectivity index (χ3n) is 1.64. The third-order valence-corrected chi connectivity index (χ3v) is 2.42. The molecule has 0 saturated carbocycles. The highest BCUT2D eigenvalue weighted by Crippen LogP contribution is 1.88. The van der Waals surface area contributed by atoms with E-state index in [0.29, 0.717) is 0 Å². The molecule has 0 aliphatic heterocycles. The van der Waals surface area contributed by atoms with Gasteiger partial charge in [0.15, 0.2) is 0 Å². The summed E-state index contributed by atoms with van der Waals surface area (Å²) < 4.78 is 0. The predicted molar refractivity (Wildman–Crippen MR) is 65.7 cm³/mol. The molecule has 0 aromatic rings. The second kappa shape index (κ2) is 6.33. The van der Waals surface area contributed by atoms with Gasteiger partial charge >= 0.3 is 11.9 Å². The number of rotatable bonds is 4. The van der Waals surface area contributed by atoms with Gasteiger partial charge in [0.2, 0.25) is 0 Å². The van der Waals surface area contributed by atoms with Crippen molar-refractivity contribution in [3.63, 3.8) is 0 Å². The molecule has 0 heterocycles. The molecule has 0 aliphatic carbocycles. The Labute approximate surface area is 103 Å². The summed E-state index contributed by atoms with van der Waals surface area (Å²) in [6, 6.07) is -1.76. The minimum atomic E-state index is -1.07. The summed E-state index contributed by atoms with van der Waals surface area (Å²) in [5.74, 6) is -2.15. The molecule has 0 aromatic carbocycles. The average molecular weight is 264 g/mol. The number of nitrogens with one attached hydrogen (secondary N) is 2. The largest absolute Gasteiger partial charge is 0.480 e. The highest BCUT2D eigenvalue weighted by molar-refractivity contribution is 7.89. The van der Waals surface area contributed by atoms with E-state index in [4.69, 9.17) is 34.6 Å². The Balaban J connectivity index is 4.25. The van der Waals surface area contributed by atoms with E-state index >= 15 is 0 Å². The normalized spacial score (nSPS) is 13.4. The van der Waals surface area contributed by atoms with E-state index in [2.05, 4.69) is 10.6 Å². The van der Waals surface area contributed by atoms with Gasteiger partial charge in [0, 0.05) is 0 Å². The van der Waals surface area contributed by atoms with Gasteiger partial charge in [-0.25, -0.2) is 0 Å². The minimum absolute atomic E-state index is 0.0120. The monoisotopic (exact) mass is 264 g/mol. The predicted octanol–water partition coefficient (Wildman–Crippen LogP) is -0.233. The number of hydrogen-bond acceptors (Lipinski definition) is 4. The van der Waals surface area contributed by atoms with Crippen LogP contribution in [0.5, 0.6) is 0 Å². The van der Waals surface area contributed by atoms with Crippen molar-refractivity contribution in [3.05, 3.63) is 0 Å². The topological polar surface area (TPSA) is 98.7 Å². The van der Waals surface area contributed by atoms with E-state index in [9.17, 15) is 9.59 Å². The van der Waals surface area contributed by atoms with Crippen molar-refractivity contribution in [2.75, 3.05) is 0 Å². The fraction of sp³-hybridized carbons (Fsp3) is 0.500. The smallest absolute Gasteiger partial charge is 0.325 e. The van der Waals surface area contributed by atoms with Crippen LogP contribution in [0.3, 0.4) is 0 Å². The van der Waals surface area contributed by atoms with Crippen LogP contribution in [0.15, 0.2) is 0 Å². The number of carboxylic acid groups (broad SMARTS) is 2. The molecule has 0 saturated heterocycles. The quantitative estimate of drug-likeness (QED) is 0.517. The molecule has 0 rings (SSSR count). The maximum Gasteiger partial charge on any atom is 0.325 e. The summed E-state index contributed by atoms with van der Waals surface area (Å²) in [5, 5.41) is 22.1. The SMILES string of the molecule is C[C@H](NC(=S)C(=S)N[C@@H](C)C(=O)O)C(=O)O. The fourth-order valence-corrected chi connectivity index (χ4v) is 1.12. The zero-order valence-corrected chi connectivity index (χ0v) is 10.3. The molecule has 16 heavy (non-hydrogen) atoms. The molecular weight excluding hydrogens is 252 g/mol. The molecule has 2 atom stereocenters. The van der Waals surface area contributed by atoms with Crippen LogP contribution in [0.4, 0.5) is 0 Å². The molecule has 8 heteroatoms. The fourth-order valence-electron chi connectivity index (χ4n) is 0.648. The lowest BCUT2D eigenvalue weighted by molar-refractivity contribution is -0.139. The molecule has 0 radical (unpaired) electrons. The first-order valence-electron chi connectivity index (χ1n) is 4.32. The number of thiocarbonyl (C=S) groups is 2. The van der Waals surface area contributed by atoms with E-state index in [0.717, 1.165) is 0 Å². The first kappa shape index (κ1) is 14.7. The van der Waals surface area contributed by atoms with Gasteiger partial charge in [0.05, 0.1) is 0 Å². The summed E-state index contributed by atoms with van der Waals surface area (Å²) in [6.07, 6.45) is 0.